The third-order valence-corrected chi connectivity index (χ3v) is 4.79. The summed E-state index contributed by atoms with van der Waals surface area (Å²) in [6.45, 7) is 4.96. The van der Waals surface area contributed by atoms with Crippen LogP contribution < -0.4 is 4.90 Å². The van der Waals surface area contributed by atoms with Crippen molar-refractivity contribution in [1.82, 2.24) is 19.9 Å². The first-order chi connectivity index (χ1) is 12.2. The Kier molecular flexibility index (Phi) is 3.72. The number of carbonyl (C=O) groups is 1. The molecule has 1 saturated heterocycles. The van der Waals surface area contributed by atoms with Crippen LogP contribution in [0.25, 0.3) is 22.2 Å². The van der Waals surface area contributed by atoms with Crippen LogP contribution in [0, 0.1) is 0 Å². The highest BCUT2D eigenvalue weighted by Gasteiger charge is 2.32. The van der Waals surface area contributed by atoms with Crippen molar-refractivity contribution in [2.45, 2.75) is 6.04 Å². The number of H-pyrrole nitrogens is 1. The predicted octanol–water partition coefficient (Wildman–Crippen LogP) is 2.46. The minimum Gasteiger partial charge on any atom is -0.367 e. The van der Waals surface area contributed by atoms with Gasteiger partial charge in [-0.25, -0.2) is 4.98 Å². The summed E-state index contributed by atoms with van der Waals surface area (Å²) in [5.74, 6) is -0.0114. The van der Waals surface area contributed by atoms with Crippen molar-refractivity contribution in [1.29, 1.82) is 0 Å². The normalized spacial score (nSPS) is 14.4. The van der Waals surface area contributed by atoms with Gasteiger partial charge in [-0.2, -0.15) is 0 Å². The number of fused-ring (bicyclic) bond motifs is 1. The van der Waals surface area contributed by atoms with Gasteiger partial charge in [0.05, 0.1) is 17.9 Å². The number of likely N-dealkylation sites (tertiary alicyclic amines) is 1. The van der Waals surface area contributed by atoms with Crippen LogP contribution in [0.2, 0.25) is 0 Å². The standard InChI is InChI=1S/C19H19N5O/c1-3-18(25)24-11-15(12-24)23(2)14-7-16-17(10-22-19(16)21-9-14)13-5-4-6-20-8-13/h3-10,15H,1,11-12H2,2H3,(H,21,22). The van der Waals surface area contributed by atoms with E-state index in [0.717, 1.165) is 27.8 Å². The summed E-state index contributed by atoms with van der Waals surface area (Å²) in [7, 11) is 2.04. The van der Waals surface area contributed by atoms with Crippen molar-refractivity contribution < 1.29 is 4.79 Å². The molecule has 6 heteroatoms. The van der Waals surface area contributed by atoms with Gasteiger partial charge in [0.15, 0.2) is 0 Å². The van der Waals surface area contributed by atoms with Gasteiger partial charge >= 0.3 is 0 Å². The lowest BCUT2D eigenvalue weighted by molar-refractivity contribution is -0.130. The van der Waals surface area contributed by atoms with Crippen LogP contribution in [-0.4, -0.2) is 51.9 Å². The van der Waals surface area contributed by atoms with Crippen molar-refractivity contribution in [3.63, 3.8) is 0 Å². The molecule has 126 valence electrons. The minimum atomic E-state index is -0.0114. The van der Waals surface area contributed by atoms with Gasteiger partial charge in [-0.3, -0.25) is 9.78 Å². The second-order valence-electron chi connectivity index (χ2n) is 6.25. The smallest absolute Gasteiger partial charge is 0.246 e. The molecule has 0 aliphatic carbocycles. The maximum absolute atomic E-state index is 11.6. The fourth-order valence-corrected chi connectivity index (χ4v) is 3.17. The zero-order chi connectivity index (χ0) is 17.4. The lowest BCUT2D eigenvalue weighted by atomic mass is 10.1. The number of hydrogen-bond acceptors (Lipinski definition) is 4. The average molecular weight is 333 g/mol. The molecule has 4 rings (SSSR count). The highest BCUT2D eigenvalue weighted by atomic mass is 16.2. The van der Waals surface area contributed by atoms with Crippen LogP contribution in [0.5, 0.6) is 0 Å². The maximum atomic E-state index is 11.6. The van der Waals surface area contributed by atoms with Crippen LogP contribution in [0.1, 0.15) is 0 Å². The molecule has 0 unspecified atom stereocenters. The van der Waals surface area contributed by atoms with E-state index in [4.69, 9.17) is 0 Å². The van der Waals surface area contributed by atoms with E-state index in [1.54, 1.807) is 11.1 Å². The lowest BCUT2D eigenvalue weighted by Crippen LogP contribution is -2.60. The molecular formula is C19H19N5O. The number of pyridine rings is 2. The third-order valence-electron chi connectivity index (χ3n) is 4.79. The highest BCUT2D eigenvalue weighted by Crippen LogP contribution is 2.30. The Balaban J connectivity index is 1.61. The summed E-state index contributed by atoms with van der Waals surface area (Å²) in [5, 5.41) is 1.07. The van der Waals surface area contributed by atoms with Crippen LogP contribution in [0.15, 0.2) is 55.6 Å². The molecule has 1 fully saturated rings. The van der Waals surface area contributed by atoms with Gasteiger partial charge in [0.1, 0.15) is 5.65 Å². The van der Waals surface area contributed by atoms with Crippen LogP contribution in [-0.2, 0) is 4.79 Å². The van der Waals surface area contributed by atoms with Crippen LogP contribution in [0.4, 0.5) is 5.69 Å². The summed E-state index contributed by atoms with van der Waals surface area (Å²) < 4.78 is 0. The van der Waals surface area contributed by atoms with E-state index in [9.17, 15) is 4.79 Å². The first-order valence-corrected chi connectivity index (χ1v) is 8.19. The summed E-state index contributed by atoms with van der Waals surface area (Å²) >= 11 is 0. The molecule has 6 nitrogen and oxygen atoms in total. The van der Waals surface area contributed by atoms with Gasteiger partial charge in [0.2, 0.25) is 5.91 Å². The number of aromatic amines is 1. The Hall–Kier alpha value is -3.15. The molecule has 0 saturated carbocycles. The van der Waals surface area contributed by atoms with E-state index in [-0.39, 0.29) is 5.91 Å². The van der Waals surface area contributed by atoms with E-state index >= 15 is 0 Å². The number of anilines is 1. The number of amides is 1. The van der Waals surface area contributed by atoms with Crippen LogP contribution in [0.3, 0.4) is 0 Å². The average Bonchev–Trinajstić information content (AvgIpc) is 3.04. The Morgan fingerprint density at radius 1 is 1.44 bits per heavy atom. The SMILES string of the molecule is C=CC(=O)N1CC(N(C)c2cnc3[nH]cc(-c4cccnc4)c3c2)C1. The van der Waals surface area contributed by atoms with Gasteiger partial charge in [-0.1, -0.05) is 12.6 Å². The molecule has 1 amide bonds. The molecule has 4 heterocycles. The molecule has 3 aromatic rings. The number of aromatic nitrogens is 3. The van der Waals surface area contributed by atoms with E-state index in [1.807, 2.05) is 37.8 Å². The van der Waals surface area contributed by atoms with Gasteiger partial charge in [-0.15, -0.1) is 0 Å². The number of nitrogens with zero attached hydrogens (tertiary/aromatic N) is 4. The van der Waals surface area contributed by atoms with Gasteiger partial charge in [0.25, 0.3) is 0 Å². The Labute approximate surface area is 145 Å². The Morgan fingerprint density at radius 3 is 3.00 bits per heavy atom. The van der Waals surface area contributed by atoms with Crippen molar-refractivity contribution in [2.75, 3.05) is 25.0 Å². The largest absolute Gasteiger partial charge is 0.367 e. The van der Waals surface area contributed by atoms with E-state index in [1.165, 1.54) is 6.08 Å². The zero-order valence-corrected chi connectivity index (χ0v) is 14.0. The number of nitrogens with one attached hydrogen (secondary N) is 1. The summed E-state index contributed by atoms with van der Waals surface area (Å²) in [6, 6.07) is 6.40. The van der Waals surface area contributed by atoms with E-state index < -0.39 is 0 Å². The Morgan fingerprint density at radius 2 is 2.28 bits per heavy atom. The second-order valence-corrected chi connectivity index (χ2v) is 6.25. The van der Waals surface area contributed by atoms with E-state index in [0.29, 0.717) is 19.1 Å². The summed E-state index contributed by atoms with van der Waals surface area (Å²) in [4.78, 5) is 27.5. The molecule has 1 aliphatic heterocycles. The van der Waals surface area contributed by atoms with Crippen molar-refractivity contribution in [3.8, 4) is 11.1 Å². The lowest BCUT2D eigenvalue weighted by Gasteiger charge is -2.44. The monoisotopic (exact) mass is 333 g/mol. The number of carbonyl (C=O) groups excluding carboxylic acids is 1. The van der Waals surface area contributed by atoms with Gasteiger partial charge in [0, 0.05) is 55.2 Å². The molecule has 1 aliphatic rings. The molecule has 0 radical (unpaired) electrons. The highest BCUT2D eigenvalue weighted by molar-refractivity contribution is 5.95. The first-order valence-electron chi connectivity index (χ1n) is 8.19. The number of hydrogen-bond donors (Lipinski definition) is 1. The zero-order valence-electron chi connectivity index (χ0n) is 14.0. The topological polar surface area (TPSA) is 65.1 Å². The molecule has 0 spiro atoms. The molecule has 0 aromatic carbocycles. The van der Waals surface area contributed by atoms with Gasteiger partial charge < -0.3 is 14.8 Å². The van der Waals surface area contributed by atoms with Crippen molar-refractivity contribution >= 4 is 22.6 Å². The molecule has 0 atom stereocenters. The summed E-state index contributed by atoms with van der Waals surface area (Å²) in [5.41, 5.74) is 4.03. The fourth-order valence-electron chi connectivity index (χ4n) is 3.17. The number of rotatable bonds is 4. The van der Waals surface area contributed by atoms with Gasteiger partial charge in [-0.05, 0) is 18.2 Å². The molecule has 25 heavy (non-hydrogen) atoms. The predicted molar refractivity (Wildman–Crippen MR) is 98.3 cm³/mol. The second kappa shape index (κ2) is 6.05. The first kappa shape index (κ1) is 15.4. The fraction of sp³-hybridized carbons (Fsp3) is 0.211. The molecular weight excluding hydrogens is 314 g/mol. The minimum absolute atomic E-state index is 0.0114. The third kappa shape index (κ3) is 2.65. The summed E-state index contributed by atoms with van der Waals surface area (Å²) in [6.07, 6.45) is 8.81. The number of likely N-dealkylation sites (N-methyl/N-ethyl adjacent to an activating group) is 1. The quantitative estimate of drug-likeness (QED) is 0.745. The van der Waals surface area contributed by atoms with Crippen LogP contribution >= 0.6 is 0 Å². The Bertz CT molecular complexity index is 927. The van der Waals surface area contributed by atoms with Crippen molar-refractivity contribution in [2.24, 2.45) is 0 Å². The molecule has 3 aromatic heterocycles. The van der Waals surface area contributed by atoms with Crippen molar-refractivity contribution in [3.05, 3.63) is 55.6 Å². The maximum Gasteiger partial charge on any atom is 0.246 e. The van der Waals surface area contributed by atoms with E-state index in [2.05, 4.69) is 32.5 Å². The molecule has 1 N–H and O–H groups in total. The molecule has 0 bridgehead atoms.